The zero-order chi connectivity index (χ0) is 13.0. The maximum absolute atomic E-state index is 9.47. The minimum absolute atomic E-state index is 0.107. The van der Waals surface area contributed by atoms with E-state index in [0.29, 0.717) is 0 Å². The number of hydrogen-bond donors (Lipinski definition) is 1. The molecule has 0 saturated heterocycles. The van der Waals surface area contributed by atoms with Crippen LogP contribution in [-0.2, 0) is 6.54 Å². The lowest BCUT2D eigenvalue weighted by molar-refractivity contribution is 0.0127. The minimum atomic E-state index is 0.107. The highest BCUT2D eigenvalue weighted by Crippen LogP contribution is 2.41. The first kappa shape index (κ1) is 13.1. The fourth-order valence-electron chi connectivity index (χ4n) is 2.73. The van der Waals surface area contributed by atoms with Gasteiger partial charge in [-0.15, -0.1) is 0 Å². The van der Waals surface area contributed by atoms with Gasteiger partial charge >= 0.3 is 0 Å². The van der Waals surface area contributed by atoms with Gasteiger partial charge in [0.2, 0.25) is 0 Å². The molecule has 0 amide bonds. The summed E-state index contributed by atoms with van der Waals surface area (Å²) in [6.45, 7) is 1.95. The summed E-state index contributed by atoms with van der Waals surface area (Å²) in [7, 11) is 2.06. The number of nitriles is 1. The average molecular weight is 244 g/mol. The lowest BCUT2D eigenvalue weighted by Crippen LogP contribution is -2.43. The maximum atomic E-state index is 9.47. The van der Waals surface area contributed by atoms with Crippen molar-refractivity contribution in [3.63, 3.8) is 0 Å². The van der Waals surface area contributed by atoms with Crippen LogP contribution in [0.5, 0.6) is 0 Å². The van der Waals surface area contributed by atoms with Gasteiger partial charge in [-0.3, -0.25) is 0 Å². The van der Waals surface area contributed by atoms with E-state index in [1.807, 2.05) is 24.3 Å². The topological polar surface area (TPSA) is 47.3 Å². The molecule has 0 unspecified atom stereocenters. The molecule has 0 aliphatic heterocycles. The van der Waals surface area contributed by atoms with Crippen molar-refractivity contribution in [1.82, 2.24) is 4.90 Å². The van der Waals surface area contributed by atoms with Crippen LogP contribution in [0.3, 0.4) is 0 Å². The first-order valence-electron chi connectivity index (χ1n) is 6.46. The number of aliphatic hydroxyl groups excluding tert-OH is 1. The van der Waals surface area contributed by atoms with Crippen molar-refractivity contribution >= 4 is 0 Å². The third-order valence-electron chi connectivity index (χ3n) is 3.93. The molecule has 0 radical (unpaired) electrons. The molecular weight excluding hydrogens is 224 g/mol. The van der Waals surface area contributed by atoms with Gasteiger partial charge in [0.15, 0.2) is 0 Å². The lowest BCUT2D eigenvalue weighted by Gasteiger charge is -2.43. The first-order valence-corrected chi connectivity index (χ1v) is 6.46. The molecule has 1 aromatic rings. The summed E-state index contributed by atoms with van der Waals surface area (Å²) in [6, 6.07) is 9.95. The Hall–Kier alpha value is -1.37. The third kappa shape index (κ3) is 2.72. The van der Waals surface area contributed by atoms with Gasteiger partial charge in [0.1, 0.15) is 0 Å². The summed E-state index contributed by atoms with van der Waals surface area (Å²) in [5.41, 5.74) is 1.92. The van der Waals surface area contributed by atoms with Crippen LogP contribution in [0.15, 0.2) is 24.3 Å². The Bertz CT molecular complexity index is 441. The molecule has 0 atom stereocenters. The van der Waals surface area contributed by atoms with Crippen LogP contribution < -0.4 is 0 Å². The number of rotatable bonds is 5. The van der Waals surface area contributed by atoms with E-state index in [0.717, 1.165) is 37.1 Å². The van der Waals surface area contributed by atoms with E-state index in [1.54, 1.807) is 0 Å². The van der Waals surface area contributed by atoms with Gasteiger partial charge in [-0.2, -0.15) is 5.26 Å². The van der Waals surface area contributed by atoms with Gasteiger partial charge in [0, 0.05) is 25.1 Å². The molecule has 2 rings (SSSR count). The monoisotopic (exact) mass is 244 g/mol. The fourth-order valence-corrected chi connectivity index (χ4v) is 2.73. The quantitative estimate of drug-likeness (QED) is 0.863. The molecule has 0 aromatic heterocycles. The molecule has 3 heteroatoms. The Labute approximate surface area is 109 Å². The van der Waals surface area contributed by atoms with E-state index in [1.165, 1.54) is 6.42 Å². The molecule has 0 bridgehead atoms. The summed E-state index contributed by atoms with van der Waals surface area (Å²) in [4.78, 5) is 2.21. The molecule has 0 heterocycles. The highest BCUT2D eigenvalue weighted by molar-refractivity contribution is 5.37. The summed E-state index contributed by atoms with van der Waals surface area (Å²) in [5.74, 6) is 0. The van der Waals surface area contributed by atoms with Crippen molar-refractivity contribution in [2.75, 3.05) is 20.2 Å². The van der Waals surface area contributed by atoms with Gasteiger partial charge in [0.25, 0.3) is 0 Å². The zero-order valence-electron chi connectivity index (χ0n) is 10.9. The zero-order valence-corrected chi connectivity index (χ0v) is 10.9. The molecule has 1 aliphatic rings. The summed E-state index contributed by atoms with van der Waals surface area (Å²) in [6.07, 6.45) is 3.46. The second-order valence-corrected chi connectivity index (χ2v) is 5.45. The normalized spacial score (nSPS) is 17.2. The molecule has 1 aliphatic carbocycles. The molecule has 0 spiro atoms. The lowest BCUT2D eigenvalue weighted by atomic mass is 9.69. The Morgan fingerprint density at radius 3 is 2.67 bits per heavy atom. The third-order valence-corrected chi connectivity index (χ3v) is 3.93. The van der Waals surface area contributed by atoms with E-state index in [9.17, 15) is 5.11 Å². The number of benzene rings is 1. The van der Waals surface area contributed by atoms with Gasteiger partial charge in [-0.1, -0.05) is 24.6 Å². The Morgan fingerprint density at radius 2 is 2.11 bits per heavy atom. The summed E-state index contributed by atoms with van der Waals surface area (Å²) in [5, 5.41) is 18.5. The van der Waals surface area contributed by atoms with Crippen LogP contribution in [0.1, 0.15) is 30.4 Å². The standard InChI is InChI=1S/C15H20N2O/c1-17(11-15(12-18)7-4-8-15)10-14-6-3-2-5-13(14)9-16/h2-3,5-6,18H,4,7-8,10-12H2,1H3. The number of aliphatic hydroxyl groups is 1. The van der Waals surface area contributed by atoms with E-state index in [4.69, 9.17) is 5.26 Å². The highest BCUT2D eigenvalue weighted by atomic mass is 16.3. The predicted octanol–water partition coefficient (Wildman–Crippen LogP) is 2.15. The van der Waals surface area contributed by atoms with Gasteiger partial charge < -0.3 is 10.0 Å². The van der Waals surface area contributed by atoms with Crippen molar-refractivity contribution < 1.29 is 5.11 Å². The van der Waals surface area contributed by atoms with Crippen LogP contribution in [0.4, 0.5) is 0 Å². The van der Waals surface area contributed by atoms with Crippen LogP contribution in [-0.4, -0.2) is 30.2 Å². The van der Waals surface area contributed by atoms with Crippen LogP contribution in [0, 0.1) is 16.7 Å². The number of hydrogen-bond acceptors (Lipinski definition) is 3. The SMILES string of the molecule is CN(Cc1ccccc1C#N)CC1(CO)CCC1. The van der Waals surface area contributed by atoms with E-state index >= 15 is 0 Å². The Morgan fingerprint density at radius 1 is 1.39 bits per heavy atom. The van der Waals surface area contributed by atoms with Gasteiger partial charge in [-0.25, -0.2) is 0 Å². The van der Waals surface area contributed by atoms with Crippen molar-refractivity contribution in [2.24, 2.45) is 5.41 Å². The minimum Gasteiger partial charge on any atom is -0.396 e. The summed E-state index contributed by atoms with van der Waals surface area (Å²) >= 11 is 0. The fraction of sp³-hybridized carbons (Fsp3) is 0.533. The number of nitrogens with zero attached hydrogens (tertiary/aromatic N) is 2. The maximum Gasteiger partial charge on any atom is 0.0995 e. The average Bonchev–Trinajstić information content (AvgIpc) is 2.34. The second kappa shape index (κ2) is 5.51. The van der Waals surface area contributed by atoms with Crippen LogP contribution in [0.25, 0.3) is 0 Å². The molecule has 96 valence electrons. The smallest absolute Gasteiger partial charge is 0.0995 e. The molecule has 1 fully saturated rings. The van der Waals surface area contributed by atoms with E-state index < -0.39 is 0 Å². The van der Waals surface area contributed by atoms with Gasteiger partial charge in [0.05, 0.1) is 11.6 Å². The predicted molar refractivity (Wildman–Crippen MR) is 70.9 cm³/mol. The van der Waals surface area contributed by atoms with Crippen molar-refractivity contribution in [1.29, 1.82) is 5.26 Å². The van der Waals surface area contributed by atoms with Crippen molar-refractivity contribution in [3.8, 4) is 6.07 Å². The second-order valence-electron chi connectivity index (χ2n) is 5.45. The van der Waals surface area contributed by atoms with Crippen molar-refractivity contribution in [2.45, 2.75) is 25.8 Å². The highest BCUT2D eigenvalue weighted by Gasteiger charge is 2.37. The van der Waals surface area contributed by atoms with Gasteiger partial charge in [-0.05, 0) is 31.5 Å². The molecule has 1 saturated carbocycles. The van der Waals surface area contributed by atoms with Crippen LogP contribution in [0.2, 0.25) is 0 Å². The molecular formula is C15H20N2O. The molecule has 18 heavy (non-hydrogen) atoms. The van der Waals surface area contributed by atoms with Crippen molar-refractivity contribution in [3.05, 3.63) is 35.4 Å². The largest absolute Gasteiger partial charge is 0.396 e. The van der Waals surface area contributed by atoms with E-state index in [-0.39, 0.29) is 12.0 Å². The first-order chi connectivity index (χ1) is 8.69. The Balaban J connectivity index is 1.99. The molecule has 3 nitrogen and oxygen atoms in total. The van der Waals surface area contributed by atoms with Crippen LogP contribution >= 0.6 is 0 Å². The molecule has 1 aromatic carbocycles. The Kier molecular flexibility index (Phi) is 4.00. The summed E-state index contributed by atoms with van der Waals surface area (Å²) < 4.78 is 0. The van der Waals surface area contributed by atoms with E-state index in [2.05, 4.69) is 18.0 Å². The molecule has 1 N–H and O–H groups in total.